The van der Waals surface area contributed by atoms with Crippen molar-refractivity contribution in [3.05, 3.63) is 44.8 Å². The molecule has 11 nitrogen and oxygen atoms in total. The van der Waals surface area contributed by atoms with Crippen molar-refractivity contribution in [2.45, 2.75) is 26.1 Å². The molecular formula is C10H12N6O5. The smallest absolute Gasteiger partial charge is 0.381 e. The van der Waals surface area contributed by atoms with E-state index in [0.29, 0.717) is 5.82 Å². The van der Waals surface area contributed by atoms with Crippen LogP contribution in [0.5, 0.6) is 0 Å². The van der Waals surface area contributed by atoms with Crippen molar-refractivity contribution in [1.29, 1.82) is 0 Å². The van der Waals surface area contributed by atoms with Crippen molar-refractivity contribution in [1.82, 2.24) is 19.1 Å². The van der Waals surface area contributed by atoms with Crippen LogP contribution in [0.4, 0.5) is 11.6 Å². The highest BCUT2D eigenvalue weighted by Crippen LogP contribution is 2.15. The summed E-state index contributed by atoms with van der Waals surface area (Å²) in [5.41, 5.74) is 0. The van der Waals surface area contributed by atoms with E-state index in [1.54, 1.807) is 6.92 Å². The number of nitrogens with zero attached hydrogens (tertiary/aromatic N) is 6. The van der Waals surface area contributed by atoms with Crippen molar-refractivity contribution >= 4 is 11.6 Å². The monoisotopic (exact) mass is 296 g/mol. The van der Waals surface area contributed by atoms with E-state index >= 15 is 0 Å². The summed E-state index contributed by atoms with van der Waals surface area (Å²) in [5.74, 6) is -0.146. The normalized spacial score (nSPS) is 12.3. The lowest BCUT2D eigenvalue weighted by molar-refractivity contribution is -0.392. The van der Waals surface area contributed by atoms with Crippen LogP contribution in [0.3, 0.4) is 0 Å². The maximum atomic E-state index is 10.8. The minimum Gasteiger partial charge on any atom is -0.387 e. The molecule has 0 amide bonds. The molecule has 0 aliphatic heterocycles. The molecule has 0 aromatic carbocycles. The number of aliphatic hydroxyl groups excluding tert-OH is 1. The van der Waals surface area contributed by atoms with Crippen molar-refractivity contribution in [3.8, 4) is 0 Å². The Morgan fingerprint density at radius 3 is 2.57 bits per heavy atom. The molecule has 0 radical (unpaired) electrons. The molecule has 0 saturated carbocycles. The number of hydrogen-bond donors (Lipinski definition) is 1. The van der Waals surface area contributed by atoms with Gasteiger partial charge in [-0.2, -0.15) is 0 Å². The standard InChI is InChI=1S/C10H12N6O5/c1-7-11-2-10(16(20)21)14(7)4-8(17)3-13-5-9(12-6-13)15(18)19/h2,5-6,8,17H,3-4H2,1H3. The summed E-state index contributed by atoms with van der Waals surface area (Å²) < 4.78 is 2.62. The number of aryl methyl sites for hydroxylation is 1. The molecule has 2 aromatic rings. The predicted molar refractivity (Wildman–Crippen MR) is 68.5 cm³/mol. The summed E-state index contributed by atoms with van der Waals surface area (Å²) >= 11 is 0. The first-order valence-corrected chi connectivity index (χ1v) is 5.89. The summed E-state index contributed by atoms with van der Waals surface area (Å²) in [5, 5.41) is 31.3. The summed E-state index contributed by atoms with van der Waals surface area (Å²) in [7, 11) is 0. The lowest BCUT2D eigenvalue weighted by Gasteiger charge is -2.10. The molecule has 1 atom stereocenters. The fourth-order valence-corrected chi connectivity index (χ4v) is 1.88. The number of aromatic nitrogens is 4. The van der Waals surface area contributed by atoms with E-state index in [-0.39, 0.29) is 24.7 Å². The highest BCUT2D eigenvalue weighted by Gasteiger charge is 2.21. The van der Waals surface area contributed by atoms with Gasteiger partial charge >= 0.3 is 11.6 Å². The fraction of sp³-hybridized carbons (Fsp3) is 0.400. The first kappa shape index (κ1) is 14.6. The van der Waals surface area contributed by atoms with E-state index in [1.807, 2.05) is 0 Å². The lowest BCUT2D eigenvalue weighted by Crippen LogP contribution is -2.23. The molecule has 21 heavy (non-hydrogen) atoms. The van der Waals surface area contributed by atoms with Gasteiger partial charge in [0, 0.05) is 6.92 Å². The summed E-state index contributed by atoms with van der Waals surface area (Å²) in [6, 6.07) is 0. The van der Waals surface area contributed by atoms with E-state index in [0.717, 1.165) is 6.20 Å². The van der Waals surface area contributed by atoms with Crippen LogP contribution in [-0.2, 0) is 13.1 Å². The molecular weight excluding hydrogens is 284 g/mol. The number of aliphatic hydroxyl groups is 1. The molecule has 0 aliphatic carbocycles. The summed E-state index contributed by atoms with van der Waals surface area (Å²) in [4.78, 5) is 27.5. The molecule has 0 bridgehead atoms. The molecule has 0 fully saturated rings. The second kappa shape index (κ2) is 5.66. The average Bonchev–Trinajstić information content (AvgIpc) is 2.98. The number of imidazole rings is 2. The molecule has 2 aromatic heterocycles. The Kier molecular flexibility index (Phi) is 3.93. The Morgan fingerprint density at radius 1 is 1.29 bits per heavy atom. The van der Waals surface area contributed by atoms with Crippen LogP contribution in [0.15, 0.2) is 18.7 Å². The van der Waals surface area contributed by atoms with Crippen LogP contribution in [-0.4, -0.2) is 40.2 Å². The maximum absolute atomic E-state index is 10.8. The minimum atomic E-state index is -0.981. The molecule has 1 N–H and O–H groups in total. The highest BCUT2D eigenvalue weighted by atomic mass is 16.6. The molecule has 0 aliphatic rings. The van der Waals surface area contributed by atoms with Crippen LogP contribution in [0.25, 0.3) is 0 Å². The van der Waals surface area contributed by atoms with Gasteiger partial charge in [0.05, 0.1) is 6.54 Å². The quantitative estimate of drug-likeness (QED) is 0.595. The number of rotatable bonds is 6. The zero-order valence-electron chi connectivity index (χ0n) is 11.0. The van der Waals surface area contributed by atoms with E-state index in [2.05, 4.69) is 9.97 Å². The van der Waals surface area contributed by atoms with Crippen molar-refractivity contribution in [2.24, 2.45) is 0 Å². The molecule has 2 heterocycles. The average molecular weight is 296 g/mol. The van der Waals surface area contributed by atoms with Crippen LogP contribution in [0.1, 0.15) is 5.82 Å². The Hall–Kier alpha value is -2.82. The first-order chi connectivity index (χ1) is 9.88. The van der Waals surface area contributed by atoms with Gasteiger partial charge in [-0.05, 0) is 14.8 Å². The predicted octanol–water partition coefficient (Wildman–Crippen LogP) is 0.266. The molecule has 0 spiro atoms. The SMILES string of the molecule is Cc1ncc([N+](=O)[O-])n1CC(O)Cn1cnc([N+](=O)[O-])c1. The Labute approximate surface area is 117 Å². The van der Waals surface area contributed by atoms with Gasteiger partial charge in [0.2, 0.25) is 6.33 Å². The highest BCUT2D eigenvalue weighted by molar-refractivity contribution is 5.19. The Balaban J connectivity index is 2.07. The molecule has 112 valence electrons. The number of nitro groups is 2. The summed E-state index contributed by atoms with van der Waals surface area (Å²) in [6.07, 6.45) is 2.53. The minimum absolute atomic E-state index is 0.0234. The van der Waals surface area contributed by atoms with Crippen LogP contribution in [0.2, 0.25) is 0 Å². The van der Waals surface area contributed by atoms with Gasteiger partial charge in [-0.15, -0.1) is 0 Å². The van der Waals surface area contributed by atoms with Crippen LogP contribution in [0, 0.1) is 27.2 Å². The molecule has 11 heteroatoms. The zero-order valence-corrected chi connectivity index (χ0v) is 11.0. The second-order valence-electron chi connectivity index (χ2n) is 4.37. The summed E-state index contributed by atoms with van der Waals surface area (Å²) in [6.45, 7) is 1.56. The zero-order chi connectivity index (χ0) is 15.6. The Bertz CT molecular complexity index is 677. The van der Waals surface area contributed by atoms with Crippen molar-refractivity contribution in [3.63, 3.8) is 0 Å². The third kappa shape index (κ3) is 3.20. The van der Waals surface area contributed by atoms with Gasteiger partial charge in [-0.1, -0.05) is 0 Å². The molecule has 1 unspecified atom stereocenters. The van der Waals surface area contributed by atoms with Crippen LogP contribution < -0.4 is 0 Å². The third-order valence-corrected chi connectivity index (χ3v) is 2.84. The second-order valence-corrected chi connectivity index (χ2v) is 4.37. The van der Waals surface area contributed by atoms with Gasteiger partial charge in [0.1, 0.15) is 25.0 Å². The number of hydrogen-bond acceptors (Lipinski definition) is 7. The van der Waals surface area contributed by atoms with Crippen molar-refractivity contribution in [2.75, 3.05) is 0 Å². The van der Waals surface area contributed by atoms with Gasteiger partial charge in [0.25, 0.3) is 0 Å². The van der Waals surface area contributed by atoms with Gasteiger partial charge in [0.15, 0.2) is 5.82 Å². The maximum Gasteiger partial charge on any atom is 0.381 e. The van der Waals surface area contributed by atoms with E-state index < -0.39 is 16.0 Å². The van der Waals surface area contributed by atoms with E-state index in [9.17, 15) is 25.3 Å². The third-order valence-electron chi connectivity index (χ3n) is 2.84. The van der Waals surface area contributed by atoms with Gasteiger partial charge in [-0.3, -0.25) is 0 Å². The van der Waals surface area contributed by atoms with E-state index in [1.165, 1.54) is 21.7 Å². The lowest BCUT2D eigenvalue weighted by atomic mass is 10.3. The van der Waals surface area contributed by atoms with Crippen molar-refractivity contribution < 1.29 is 15.0 Å². The van der Waals surface area contributed by atoms with Crippen LogP contribution >= 0.6 is 0 Å². The molecule has 0 saturated heterocycles. The first-order valence-electron chi connectivity index (χ1n) is 5.89. The Morgan fingerprint density at radius 2 is 2.00 bits per heavy atom. The van der Waals surface area contributed by atoms with Gasteiger partial charge < -0.3 is 29.9 Å². The topological polar surface area (TPSA) is 142 Å². The largest absolute Gasteiger partial charge is 0.387 e. The fourth-order valence-electron chi connectivity index (χ4n) is 1.88. The van der Waals surface area contributed by atoms with E-state index in [4.69, 9.17) is 0 Å². The van der Waals surface area contributed by atoms with Gasteiger partial charge in [-0.25, -0.2) is 9.55 Å². The molecule has 2 rings (SSSR count).